The number of aryl methyl sites for hydroxylation is 1. The fourth-order valence-corrected chi connectivity index (χ4v) is 2.78. The van der Waals surface area contributed by atoms with Gasteiger partial charge in [0.15, 0.2) is 5.82 Å². The molecule has 0 saturated carbocycles. The van der Waals surface area contributed by atoms with Gasteiger partial charge >= 0.3 is 0 Å². The van der Waals surface area contributed by atoms with E-state index in [1.807, 2.05) is 32.9 Å². The molecule has 3 aromatic rings. The molecule has 3 rings (SSSR count). The predicted molar refractivity (Wildman–Crippen MR) is 102 cm³/mol. The van der Waals surface area contributed by atoms with Crippen LogP contribution in [0.1, 0.15) is 33.0 Å². The molecule has 0 atom stereocenters. The second kappa shape index (κ2) is 8.09. The summed E-state index contributed by atoms with van der Waals surface area (Å²) in [4.78, 5) is 18.9. The van der Waals surface area contributed by atoms with Crippen molar-refractivity contribution in [3.05, 3.63) is 24.2 Å². The van der Waals surface area contributed by atoms with E-state index in [9.17, 15) is 0 Å². The first-order chi connectivity index (χ1) is 12.6. The average Bonchev–Trinajstić information content (AvgIpc) is 2.99. The number of nitrogen functional groups attached to an aromatic ring is 1. The van der Waals surface area contributed by atoms with Gasteiger partial charge in [0, 0.05) is 25.8 Å². The van der Waals surface area contributed by atoms with Crippen LogP contribution in [0, 0.1) is 0 Å². The zero-order valence-corrected chi connectivity index (χ0v) is 15.4. The van der Waals surface area contributed by atoms with E-state index in [0.717, 1.165) is 34.5 Å². The van der Waals surface area contributed by atoms with Crippen molar-refractivity contribution in [2.45, 2.75) is 40.3 Å². The Kier molecular flexibility index (Phi) is 5.62. The minimum atomic E-state index is 0.402. The lowest BCUT2D eigenvalue weighted by Crippen LogP contribution is -2.08. The largest absolute Gasteiger partial charge is 0.396 e. The van der Waals surface area contributed by atoms with Gasteiger partial charge in [-0.2, -0.15) is 0 Å². The first-order valence-electron chi connectivity index (χ1n) is 8.72. The number of fused-ring (bicyclic) bond motifs is 3. The maximum atomic E-state index is 6.14. The van der Waals surface area contributed by atoms with Crippen LogP contribution in [0.25, 0.3) is 22.1 Å². The fraction of sp³-hybridized carbons (Fsp3) is 0.444. The molecule has 138 valence electrons. The molecule has 0 amide bonds. The van der Waals surface area contributed by atoms with Crippen LogP contribution in [0.3, 0.4) is 0 Å². The van der Waals surface area contributed by atoms with Gasteiger partial charge in [-0.3, -0.25) is 4.98 Å². The van der Waals surface area contributed by atoms with E-state index >= 15 is 0 Å². The van der Waals surface area contributed by atoms with Gasteiger partial charge in [0.25, 0.3) is 0 Å². The summed E-state index contributed by atoms with van der Waals surface area (Å²) in [7, 11) is 0. The fourth-order valence-electron chi connectivity index (χ4n) is 2.78. The molecule has 2 N–H and O–H groups in total. The maximum Gasteiger partial charge on any atom is 0.152 e. The summed E-state index contributed by atoms with van der Waals surface area (Å²) in [5.41, 5.74) is 10.1. The lowest BCUT2D eigenvalue weighted by atomic mass is 10.2. The Bertz CT molecular complexity index is 930. The number of hydrogen-bond acceptors (Lipinski definition) is 7. The summed E-state index contributed by atoms with van der Waals surface area (Å²) in [6, 6.07) is 3.75. The van der Waals surface area contributed by atoms with E-state index in [-0.39, 0.29) is 0 Å². The zero-order chi connectivity index (χ0) is 18.5. The standard InChI is InChI=1S/C18H24N6O2/c1-4-25-11-14-22-16-17(24(14)9-6-10-26-23-12(2)3)15-13(21-18(16)19)7-5-8-20-15/h5,7-8H,4,6,9-11H2,1-3H3,(H2,19,21). The number of nitrogens with two attached hydrogens (primary N) is 1. The second-order valence-corrected chi connectivity index (χ2v) is 6.11. The molecule has 0 unspecified atom stereocenters. The first kappa shape index (κ1) is 18.1. The molecular formula is C18H24N6O2. The molecule has 0 aliphatic carbocycles. The molecule has 8 heteroatoms. The van der Waals surface area contributed by atoms with Crippen LogP contribution in [0.5, 0.6) is 0 Å². The number of anilines is 1. The molecule has 8 nitrogen and oxygen atoms in total. The average molecular weight is 356 g/mol. The number of pyridine rings is 2. The van der Waals surface area contributed by atoms with Crippen molar-refractivity contribution in [3.8, 4) is 0 Å². The Morgan fingerprint density at radius 2 is 2.12 bits per heavy atom. The van der Waals surface area contributed by atoms with Gasteiger partial charge in [0.1, 0.15) is 35.6 Å². The Hall–Kier alpha value is -2.74. The Labute approximate surface area is 152 Å². The topological polar surface area (TPSA) is 100 Å². The quantitative estimate of drug-likeness (QED) is 0.378. The number of rotatable bonds is 8. The summed E-state index contributed by atoms with van der Waals surface area (Å²) in [6.45, 7) is 8.00. The van der Waals surface area contributed by atoms with Gasteiger partial charge in [-0.05, 0) is 32.9 Å². The van der Waals surface area contributed by atoms with Crippen molar-refractivity contribution in [3.63, 3.8) is 0 Å². The highest BCUT2D eigenvalue weighted by molar-refractivity contribution is 6.04. The van der Waals surface area contributed by atoms with Gasteiger partial charge in [0.05, 0.1) is 11.2 Å². The van der Waals surface area contributed by atoms with Crippen molar-refractivity contribution in [1.29, 1.82) is 0 Å². The third-order valence-electron chi connectivity index (χ3n) is 3.84. The lowest BCUT2D eigenvalue weighted by molar-refractivity contribution is 0.122. The van der Waals surface area contributed by atoms with Crippen molar-refractivity contribution in [2.75, 3.05) is 18.9 Å². The summed E-state index contributed by atoms with van der Waals surface area (Å²) < 4.78 is 7.68. The van der Waals surface area contributed by atoms with Crippen LogP contribution in [0.4, 0.5) is 5.82 Å². The molecule has 0 radical (unpaired) electrons. The molecule has 0 bridgehead atoms. The normalized spacial score (nSPS) is 11.2. The highest BCUT2D eigenvalue weighted by Crippen LogP contribution is 2.27. The van der Waals surface area contributed by atoms with Crippen LogP contribution in [-0.4, -0.2) is 38.4 Å². The van der Waals surface area contributed by atoms with E-state index in [1.165, 1.54) is 0 Å². The molecule has 3 heterocycles. The highest BCUT2D eigenvalue weighted by Gasteiger charge is 2.18. The molecule has 0 saturated heterocycles. The zero-order valence-electron chi connectivity index (χ0n) is 15.4. The summed E-state index contributed by atoms with van der Waals surface area (Å²) in [5.74, 6) is 1.21. The summed E-state index contributed by atoms with van der Waals surface area (Å²) >= 11 is 0. The number of ether oxygens (including phenoxy) is 1. The lowest BCUT2D eigenvalue weighted by Gasteiger charge is -2.10. The van der Waals surface area contributed by atoms with Gasteiger partial charge in [-0.1, -0.05) is 5.16 Å². The Morgan fingerprint density at radius 3 is 2.88 bits per heavy atom. The van der Waals surface area contributed by atoms with Crippen LogP contribution < -0.4 is 5.73 Å². The van der Waals surface area contributed by atoms with Crippen LogP contribution in [0.15, 0.2) is 23.5 Å². The number of hydrogen-bond donors (Lipinski definition) is 1. The monoisotopic (exact) mass is 356 g/mol. The van der Waals surface area contributed by atoms with E-state index < -0.39 is 0 Å². The molecule has 0 aliphatic rings. The number of oxime groups is 1. The van der Waals surface area contributed by atoms with E-state index in [4.69, 9.17) is 15.3 Å². The molecule has 0 aliphatic heterocycles. The van der Waals surface area contributed by atoms with Crippen molar-refractivity contribution >= 4 is 33.6 Å². The van der Waals surface area contributed by atoms with E-state index in [2.05, 4.69) is 24.7 Å². The third-order valence-corrected chi connectivity index (χ3v) is 3.84. The van der Waals surface area contributed by atoms with Gasteiger partial charge in [0.2, 0.25) is 0 Å². The maximum absolute atomic E-state index is 6.14. The molecule has 26 heavy (non-hydrogen) atoms. The van der Waals surface area contributed by atoms with E-state index in [1.54, 1.807) is 6.20 Å². The second-order valence-electron chi connectivity index (χ2n) is 6.11. The smallest absolute Gasteiger partial charge is 0.152 e. The van der Waals surface area contributed by atoms with Gasteiger partial charge in [-0.25, -0.2) is 9.97 Å². The molecule has 0 fully saturated rings. The van der Waals surface area contributed by atoms with Gasteiger partial charge < -0.3 is 19.9 Å². The number of imidazole rings is 1. The van der Waals surface area contributed by atoms with Gasteiger partial charge in [-0.15, -0.1) is 0 Å². The SMILES string of the molecule is CCOCc1nc2c(N)nc3cccnc3c2n1CCCON=C(C)C. The molecular weight excluding hydrogens is 332 g/mol. The van der Waals surface area contributed by atoms with Crippen LogP contribution in [-0.2, 0) is 22.7 Å². The Balaban J connectivity index is 2.00. The first-order valence-corrected chi connectivity index (χ1v) is 8.72. The molecule has 0 aromatic carbocycles. The molecule has 3 aromatic heterocycles. The van der Waals surface area contributed by atoms with Crippen LogP contribution >= 0.6 is 0 Å². The van der Waals surface area contributed by atoms with Crippen molar-refractivity contribution in [1.82, 2.24) is 19.5 Å². The molecule has 0 spiro atoms. The summed E-state index contributed by atoms with van der Waals surface area (Å²) in [5, 5.41) is 3.97. The minimum Gasteiger partial charge on any atom is -0.396 e. The predicted octanol–water partition coefficient (Wildman–Crippen LogP) is 2.90. The highest BCUT2D eigenvalue weighted by atomic mass is 16.6. The van der Waals surface area contributed by atoms with E-state index in [0.29, 0.717) is 37.7 Å². The van der Waals surface area contributed by atoms with Crippen molar-refractivity contribution < 1.29 is 9.57 Å². The van der Waals surface area contributed by atoms with Crippen molar-refractivity contribution in [2.24, 2.45) is 5.16 Å². The Morgan fingerprint density at radius 1 is 1.27 bits per heavy atom. The number of nitrogens with zero attached hydrogens (tertiary/aromatic N) is 5. The number of aromatic nitrogens is 4. The van der Waals surface area contributed by atoms with Crippen LogP contribution in [0.2, 0.25) is 0 Å². The minimum absolute atomic E-state index is 0.402. The summed E-state index contributed by atoms with van der Waals surface area (Å²) in [6.07, 6.45) is 2.53. The third kappa shape index (κ3) is 3.75.